The van der Waals surface area contributed by atoms with Crippen molar-refractivity contribution in [3.63, 3.8) is 0 Å². The Labute approximate surface area is 129 Å². The van der Waals surface area contributed by atoms with Crippen molar-refractivity contribution in [3.8, 4) is 0 Å². The number of nitrogens with one attached hydrogen (secondary N) is 1. The van der Waals surface area contributed by atoms with Gasteiger partial charge in [0, 0.05) is 16.2 Å². The van der Waals surface area contributed by atoms with Crippen molar-refractivity contribution in [1.29, 1.82) is 0 Å². The summed E-state index contributed by atoms with van der Waals surface area (Å²) in [7, 11) is 0. The fourth-order valence-corrected chi connectivity index (χ4v) is 4.91. The summed E-state index contributed by atoms with van der Waals surface area (Å²) in [5, 5.41) is 4.55. The van der Waals surface area contributed by atoms with E-state index in [0.717, 1.165) is 15.4 Å². The predicted octanol–water partition coefficient (Wildman–Crippen LogP) is 5.73. The lowest BCUT2D eigenvalue weighted by molar-refractivity contribution is 0.155. The van der Waals surface area contributed by atoms with E-state index >= 15 is 0 Å². The molecule has 1 unspecified atom stereocenters. The average Bonchev–Trinajstić information content (AvgIpc) is 2.80. The van der Waals surface area contributed by atoms with Crippen molar-refractivity contribution in [2.45, 2.75) is 46.1 Å². The maximum Gasteiger partial charge on any atom is 0.0549 e. The van der Waals surface area contributed by atoms with Gasteiger partial charge in [0.15, 0.2) is 0 Å². The molecule has 1 aromatic carbocycles. The molecular formula is C16H21BrClN. The van der Waals surface area contributed by atoms with Crippen LogP contribution in [0.2, 0.25) is 5.02 Å². The predicted molar refractivity (Wildman–Crippen MR) is 85.8 cm³/mol. The third kappa shape index (κ3) is 2.12. The largest absolute Gasteiger partial charge is 0.381 e. The molecular weight excluding hydrogens is 322 g/mol. The molecule has 3 rings (SSSR count). The second-order valence-corrected chi connectivity index (χ2v) is 8.38. The molecule has 2 saturated carbocycles. The van der Waals surface area contributed by atoms with Crippen LogP contribution in [0.15, 0.2) is 22.7 Å². The third-order valence-electron chi connectivity index (χ3n) is 5.50. The third-order valence-corrected chi connectivity index (χ3v) is 6.71. The highest BCUT2D eigenvalue weighted by atomic mass is 79.9. The van der Waals surface area contributed by atoms with E-state index in [0.29, 0.717) is 16.9 Å². The number of fused-ring (bicyclic) bond motifs is 2. The quantitative estimate of drug-likeness (QED) is 0.723. The topological polar surface area (TPSA) is 12.0 Å². The zero-order valence-electron chi connectivity index (χ0n) is 11.8. The Morgan fingerprint density at radius 1 is 1.32 bits per heavy atom. The molecule has 104 valence electrons. The van der Waals surface area contributed by atoms with E-state index in [4.69, 9.17) is 11.6 Å². The van der Waals surface area contributed by atoms with Crippen molar-refractivity contribution in [2.75, 3.05) is 5.32 Å². The highest BCUT2D eigenvalue weighted by molar-refractivity contribution is 9.10. The minimum absolute atomic E-state index is 0.374. The van der Waals surface area contributed by atoms with Gasteiger partial charge in [0.1, 0.15) is 0 Å². The molecule has 0 heterocycles. The summed E-state index contributed by atoms with van der Waals surface area (Å²) in [4.78, 5) is 0. The average molecular weight is 343 g/mol. The monoisotopic (exact) mass is 341 g/mol. The number of halogens is 2. The van der Waals surface area contributed by atoms with Gasteiger partial charge in [-0.25, -0.2) is 0 Å². The number of rotatable bonds is 2. The van der Waals surface area contributed by atoms with E-state index in [2.05, 4.69) is 54.2 Å². The van der Waals surface area contributed by atoms with Crippen LogP contribution in [0, 0.1) is 16.7 Å². The molecule has 1 aromatic rings. The lowest BCUT2D eigenvalue weighted by Crippen LogP contribution is -2.45. The van der Waals surface area contributed by atoms with Crippen LogP contribution in [0.1, 0.15) is 40.0 Å². The van der Waals surface area contributed by atoms with E-state index in [-0.39, 0.29) is 0 Å². The maximum atomic E-state index is 6.07. The van der Waals surface area contributed by atoms with Crippen LogP contribution in [0.5, 0.6) is 0 Å². The number of anilines is 1. The molecule has 2 aliphatic rings. The SMILES string of the molecule is CC1(C)C(Nc2ccc(Cl)c(Br)c2)[C@]2(C)CC[C@H]1C2. The Morgan fingerprint density at radius 2 is 2.05 bits per heavy atom. The van der Waals surface area contributed by atoms with Gasteiger partial charge in [0.05, 0.1) is 5.02 Å². The van der Waals surface area contributed by atoms with E-state index in [1.54, 1.807) is 0 Å². The van der Waals surface area contributed by atoms with E-state index in [1.807, 2.05) is 6.07 Å². The highest BCUT2D eigenvalue weighted by Gasteiger charge is 2.59. The van der Waals surface area contributed by atoms with Crippen LogP contribution in [-0.4, -0.2) is 6.04 Å². The van der Waals surface area contributed by atoms with Gasteiger partial charge in [-0.2, -0.15) is 0 Å². The fourth-order valence-electron chi connectivity index (χ4n) is 4.41. The molecule has 2 bridgehead atoms. The molecule has 0 amide bonds. The minimum Gasteiger partial charge on any atom is -0.381 e. The van der Waals surface area contributed by atoms with Gasteiger partial charge in [-0.15, -0.1) is 0 Å². The lowest BCUT2D eigenvalue weighted by Gasteiger charge is -2.43. The summed E-state index contributed by atoms with van der Waals surface area (Å²) in [6.45, 7) is 7.29. The number of hydrogen-bond acceptors (Lipinski definition) is 1. The molecule has 1 nitrogen and oxygen atoms in total. The molecule has 0 saturated heterocycles. The van der Waals surface area contributed by atoms with Crippen LogP contribution in [0.4, 0.5) is 5.69 Å². The summed E-state index contributed by atoms with van der Waals surface area (Å²) < 4.78 is 0.963. The summed E-state index contributed by atoms with van der Waals surface area (Å²) in [6.07, 6.45) is 4.12. The van der Waals surface area contributed by atoms with Gasteiger partial charge in [-0.1, -0.05) is 32.4 Å². The molecule has 0 aliphatic heterocycles. The molecule has 3 atom stereocenters. The molecule has 2 aliphatic carbocycles. The van der Waals surface area contributed by atoms with Crippen molar-refractivity contribution >= 4 is 33.2 Å². The zero-order chi connectivity index (χ0) is 13.8. The molecule has 1 N–H and O–H groups in total. The molecule has 3 heteroatoms. The lowest BCUT2D eigenvalue weighted by atomic mass is 9.68. The maximum absolute atomic E-state index is 6.07. The van der Waals surface area contributed by atoms with Gasteiger partial charge in [-0.3, -0.25) is 0 Å². The van der Waals surface area contributed by atoms with Crippen molar-refractivity contribution in [3.05, 3.63) is 27.7 Å². The van der Waals surface area contributed by atoms with Crippen LogP contribution >= 0.6 is 27.5 Å². The van der Waals surface area contributed by atoms with E-state index in [1.165, 1.54) is 24.9 Å². The Hall–Kier alpha value is -0.210. The first kappa shape index (κ1) is 13.8. The van der Waals surface area contributed by atoms with Gasteiger partial charge < -0.3 is 5.32 Å². The Kier molecular flexibility index (Phi) is 3.18. The smallest absolute Gasteiger partial charge is 0.0549 e. The molecule has 2 fully saturated rings. The number of hydrogen-bond donors (Lipinski definition) is 1. The van der Waals surface area contributed by atoms with Gasteiger partial charge in [0.25, 0.3) is 0 Å². The van der Waals surface area contributed by atoms with Crippen molar-refractivity contribution in [1.82, 2.24) is 0 Å². The first-order valence-electron chi connectivity index (χ1n) is 7.04. The van der Waals surface area contributed by atoms with Crippen LogP contribution in [0.3, 0.4) is 0 Å². The second kappa shape index (κ2) is 4.39. The summed E-state index contributed by atoms with van der Waals surface area (Å²) in [6, 6.07) is 6.68. The minimum atomic E-state index is 0.374. The van der Waals surface area contributed by atoms with Gasteiger partial charge in [0.2, 0.25) is 0 Å². The van der Waals surface area contributed by atoms with E-state index < -0.39 is 0 Å². The first-order valence-corrected chi connectivity index (χ1v) is 8.22. The summed E-state index contributed by atoms with van der Waals surface area (Å²) in [5.74, 6) is 0.866. The Bertz CT molecular complexity index is 509. The van der Waals surface area contributed by atoms with Crippen molar-refractivity contribution < 1.29 is 0 Å². The fraction of sp³-hybridized carbons (Fsp3) is 0.625. The van der Waals surface area contributed by atoms with Crippen LogP contribution in [-0.2, 0) is 0 Å². The van der Waals surface area contributed by atoms with Crippen LogP contribution < -0.4 is 5.32 Å². The van der Waals surface area contributed by atoms with E-state index in [9.17, 15) is 0 Å². The van der Waals surface area contributed by atoms with Crippen molar-refractivity contribution in [2.24, 2.45) is 16.7 Å². The molecule has 19 heavy (non-hydrogen) atoms. The zero-order valence-corrected chi connectivity index (χ0v) is 14.1. The summed E-state index contributed by atoms with van der Waals surface area (Å²) in [5.41, 5.74) is 1.99. The van der Waals surface area contributed by atoms with Crippen LogP contribution in [0.25, 0.3) is 0 Å². The molecule has 0 radical (unpaired) electrons. The standard InChI is InChI=1S/C16H21BrClN/c1-15(2)10-6-7-16(3,9-10)14(15)19-11-4-5-13(18)12(17)8-11/h4-5,8,10,14,19H,6-7,9H2,1-3H3/t10-,14?,16+/m0/s1. The molecule has 0 aromatic heterocycles. The second-order valence-electron chi connectivity index (χ2n) is 7.12. The molecule has 0 spiro atoms. The Morgan fingerprint density at radius 3 is 2.63 bits per heavy atom. The van der Waals surface area contributed by atoms with Gasteiger partial charge >= 0.3 is 0 Å². The van der Waals surface area contributed by atoms with Gasteiger partial charge in [-0.05, 0) is 70.1 Å². The Balaban J connectivity index is 1.88. The number of benzene rings is 1. The first-order chi connectivity index (χ1) is 8.83. The summed E-state index contributed by atoms with van der Waals surface area (Å²) >= 11 is 9.58. The highest BCUT2D eigenvalue weighted by Crippen LogP contribution is 2.63. The normalized spacial score (nSPS) is 35.6.